The summed E-state index contributed by atoms with van der Waals surface area (Å²) in [6.07, 6.45) is 23.2. The maximum atomic E-state index is 12.0. The van der Waals surface area contributed by atoms with E-state index >= 15 is 0 Å². The van der Waals surface area contributed by atoms with Gasteiger partial charge in [-0.2, -0.15) is 0 Å². The summed E-state index contributed by atoms with van der Waals surface area (Å²) in [5.74, 6) is -0.982. The van der Waals surface area contributed by atoms with E-state index in [-0.39, 0.29) is 5.56 Å². The van der Waals surface area contributed by atoms with E-state index in [1.54, 1.807) is 43.1 Å². The van der Waals surface area contributed by atoms with Crippen LogP contribution in [0.4, 0.5) is 0 Å². The molecule has 1 N–H and O–H groups in total. The molecule has 0 saturated carbocycles. The number of hydrogen-bond donors (Lipinski definition) is 1. The van der Waals surface area contributed by atoms with Crippen molar-refractivity contribution in [1.82, 2.24) is 15.0 Å². The summed E-state index contributed by atoms with van der Waals surface area (Å²) in [4.78, 5) is 25.0. The molecule has 0 atom stereocenters. The SMILES string of the molecule is O=C(O)c1cc(-c2cncc(C3=C/C=C\CC/C=C\3)c2)cc(-c2cncc(-c3cccnc3)c2)c1. The summed E-state index contributed by atoms with van der Waals surface area (Å²) in [6, 6.07) is 13.2. The number of allylic oxidation sites excluding steroid dienone is 6. The second kappa shape index (κ2) is 10.1. The molecule has 0 aliphatic heterocycles. The van der Waals surface area contributed by atoms with Crippen molar-refractivity contribution in [3.63, 3.8) is 0 Å². The van der Waals surface area contributed by atoms with Gasteiger partial charge < -0.3 is 5.11 Å². The Labute approximate surface area is 203 Å². The van der Waals surface area contributed by atoms with Gasteiger partial charge in [0.2, 0.25) is 0 Å². The Kier molecular flexibility index (Phi) is 6.39. The number of pyridine rings is 3. The Bertz CT molecular complexity index is 1470. The maximum absolute atomic E-state index is 12.0. The van der Waals surface area contributed by atoms with Crippen LogP contribution >= 0.6 is 0 Å². The van der Waals surface area contributed by atoms with Gasteiger partial charge >= 0.3 is 5.97 Å². The van der Waals surface area contributed by atoms with Crippen molar-refractivity contribution in [1.29, 1.82) is 0 Å². The van der Waals surface area contributed by atoms with Crippen LogP contribution < -0.4 is 0 Å². The highest BCUT2D eigenvalue weighted by Crippen LogP contribution is 2.31. The van der Waals surface area contributed by atoms with Crippen LogP contribution in [0.2, 0.25) is 0 Å². The largest absolute Gasteiger partial charge is 0.478 e. The number of rotatable bonds is 5. The predicted molar refractivity (Wildman–Crippen MR) is 139 cm³/mol. The molecule has 0 bridgehead atoms. The van der Waals surface area contributed by atoms with Crippen molar-refractivity contribution in [2.75, 3.05) is 0 Å². The topological polar surface area (TPSA) is 76.0 Å². The molecule has 5 heteroatoms. The maximum Gasteiger partial charge on any atom is 0.335 e. The molecule has 1 aliphatic carbocycles. The minimum absolute atomic E-state index is 0.211. The summed E-state index contributed by atoms with van der Waals surface area (Å²) in [6.45, 7) is 0. The van der Waals surface area contributed by atoms with Crippen molar-refractivity contribution in [2.24, 2.45) is 0 Å². The van der Waals surface area contributed by atoms with Gasteiger partial charge in [-0.05, 0) is 65.9 Å². The molecule has 0 spiro atoms. The first-order chi connectivity index (χ1) is 17.2. The van der Waals surface area contributed by atoms with Crippen molar-refractivity contribution >= 4 is 11.5 Å². The van der Waals surface area contributed by atoms with Crippen LogP contribution in [0.3, 0.4) is 0 Å². The van der Waals surface area contributed by atoms with E-state index in [0.717, 1.165) is 57.4 Å². The molecule has 0 saturated heterocycles. The van der Waals surface area contributed by atoms with Crippen molar-refractivity contribution < 1.29 is 9.90 Å². The van der Waals surface area contributed by atoms with Crippen LogP contribution in [0.1, 0.15) is 28.8 Å². The van der Waals surface area contributed by atoms with E-state index in [4.69, 9.17) is 0 Å². The van der Waals surface area contributed by atoms with E-state index in [9.17, 15) is 9.90 Å². The number of carboxylic acid groups (broad SMARTS) is 1. The lowest BCUT2D eigenvalue weighted by molar-refractivity contribution is 0.0697. The zero-order valence-electron chi connectivity index (χ0n) is 19.0. The number of nitrogens with zero attached hydrogens (tertiary/aromatic N) is 3. The quantitative estimate of drug-likeness (QED) is 0.354. The lowest BCUT2D eigenvalue weighted by Crippen LogP contribution is -1.98. The van der Waals surface area contributed by atoms with Gasteiger partial charge in [-0.1, -0.05) is 36.4 Å². The molecule has 5 rings (SSSR count). The lowest BCUT2D eigenvalue weighted by atomic mass is 9.95. The Morgan fingerprint density at radius 2 is 1.29 bits per heavy atom. The fourth-order valence-electron chi connectivity index (χ4n) is 4.05. The van der Waals surface area contributed by atoms with Gasteiger partial charge in [0.1, 0.15) is 0 Å². The zero-order chi connectivity index (χ0) is 24.0. The second-order valence-corrected chi connectivity index (χ2v) is 8.30. The molecule has 0 unspecified atom stereocenters. The average Bonchev–Trinajstić information content (AvgIpc) is 2.89. The van der Waals surface area contributed by atoms with Gasteiger partial charge in [-0.3, -0.25) is 15.0 Å². The lowest BCUT2D eigenvalue weighted by Gasteiger charge is -2.11. The van der Waals surface area contributed by atoms with Crippen molar-refractivity contribution in [2.45, 2.75) is 12.8 Å². The Hall–Kier alpha value is -4.64. The molecular weight excluding hydrogens is 434 g/mol. The molecule has 1 aliphatic rings. The normalized spacial score (nSPS) is 16.4. The predicted octanol–water partition coefficient (Wildman–Crippen LogP) is 6.86. The number of carbonyl (C=O) groups is 1. The van der Waals surface area contributed by atoms with Gasteiger partial charge in [0.05, 0.1) is 5.56 Å². The summed E-state index contributed by atoms with van der Waals surface area (Å²) in [5.41, 5.74) is 7.36. The fourth-order valence-corrected chi connectivity index (χ4v) is 4.05. The van der Waals surface area contributed by atoms with Gasteiger partial charge in [0.15, 0.2) is 0 Å². The number of aromatic nitrogens is 3. The Morgan fingerprint density at radius 3 is 1.97 bits per heavy atom. The molecule has 3 aromatic heterocycles. The first-order valence-corrected chi connectivity index (χ1v) is 11.4. The van der Waals surface area contributed by atoms with Crippen LogP contribution in [0, 0.1) is 0 Å². The summed E-state index contributed by atoms with van der Waals surface area (Å²) < 4.78 is 0. The molecule has 170 valence electrons. The highest BCUT2D eigenvalue weighted by atomic mass is 16.4. The Balaban J connectivity index is 1.58. The molecule has 35 heavy (non-hydrogen) atoms. The second-order valence-electron chi connectivity index (χ2n) is 8.30. The standard InChI is InChI=1S/C30H23N3O2/c34-30(35)25-12-23(28-14-26(17-32-19-28)21-7-4-2-1-3-5-8-21)11-24(13-25)29-15-27(18-33-20-29)22-9-6-10-31-16-22/h2,4-20H,1,3H2,(H,34,35)/b4-2-,8-5-,21-7+. The molecule has 4 aromatic rings. The average molecular weight is 458 g/mol. The van der Waals surface area contributed by atoms with Crippen LogP contribution in [0.25, 0.3) is 39.0 Å². The molecule has 5 nitrogen and oxygen atoms in total. The molecule has 0 amide bonds. The smallest absolute Gasteiger partial charge is 0.335 e. The van der Waals surface area contributed by atoms with Crippen LogP contribution in [0.15, 0.2) is 110 Å². The monoisotopic (exact) mass is 457 g/mol. The van der Waals surface area contributed by atoms with E-state index < -0.39 is 5.97 Å². The third-order valence-electron chi connectivity index (χ3n) is 5.86. The highest BCUT2D eigenvalue weighted by molar-refractivity contribution is 5.92. The van der Waals surface area contributed by atoms with Crippen molar-refractivity contribution in [3.05, 3.63) is 121 Å². The first-order valence-electron chi connectivity index (χ1n) is 11.4. The number of benzene rings is 1. The van der Waals surface area contributed by atoms with Crippen LogP contribution in [0.5, 0.6) is 0 Å². The third kappa shape index (κ3) is 5.14. The summed E-state index contributed by atoms with van der Waals surface area (Å²) in [7, 11) is 0. The molecule has 3 heterocycles. The minimum Gasteiger partial charge on any atom is -0.478 e. The van der Waals surface area contributed by atoms with E-state index in [1.807, 2.05) is 36.5 Å². The van der Waals surface area contributed by atoms with Gasteiger partial charge in [-0.25, -0.2) is 4.79 Å². The van der Waals surface area contributed by atoms with Crippen LogP contribution in [-0.2, 0) is 0 Å². The fraction of sp³-hybridized carbons (Fsp3) is 0.0667. The summed E-state index contributed by atoms with van der Waals surface area (Å²) >= 11 is 0. The number of aromatic carboxylic acids is 1. The number of hydrogen-bond acceptors (Lipinski definition) is 4. The first kappa shape index (κ1) is 22.2. The minimum atomic E-state index is -0.982. The van der Waals surface area contributed by atoms with Gasteiger partial charge in [-0.15, -0.1) is 0 Å². The van der Waals surface area contributed by atoms with E-state index in [1.165, 1.54) is 0 Å². The molecular formula is C30H23N3O2. The van der Waals surface area contributed by atoms with Crippen LogP contribution in [-0.4, -0.2) is 26.0 Å². The highest BCUT2D eigenvalue weighted by Gasteiger charge is 2.12. The molecule has 0 radical (unpaired) electrons. The van der Waals surface area contributed by atoms with Gasteiger partial charge in [0, 0.05) is 65.0 Å². The van der Waals surface area contributed by atoms with E-state index in [0.29, 0.717) is 0 Å². The van der Waals surface area contributed by atoms with Gasteiger partial charge in [0.25, 0.3) is 0 Å². The number of carboxylic acids is 1. The van der Waals surface area contributed by atoms with E-state index in [2.05, 4.69) is 45.3 Å². The molecule has 0 fully saturated rings. The Morgan fingerprint density at radius 1 is 0.686 bits per heavy atom. The zero-order valence-corrected chi connectivity index (χ0v) is 19.0. The third-order valence-corrected chi connectivity index (χ3v) is 5.86. The molecule has 1 aromatic carbocycles. The van der Waals surface area contributed by atoms with Crippen molar-refractivity contribution in [3.8, 4) is 33.4 Å². The summed E-state index contributed by atoms with van der Waals surface area (Å²) in [5, 5.41) is 9.81.